The quantitative estimate of drug-likeness (QED) is 0.297. The highest BCUT2D eigenvalue weighted by Gasteiger charge is 2.40. The zero-order valence-corrected chi connectivity index (χ0v) is 18.6. The van der Waals surface area contributed by atoms with E-state index in [2.05, 4.69) is 0 Å². The standard InChI is InChI=1S/C20H19Cl2F6N3O/c1-30-14(8-15(29)20(26,27)28)10-7-13(22)17(31(2)3)16(18(10)32)9-4-5-12(21)11(6-9)19(23,24)25/h4,6-8,12,29-30,32H,5H2,1-3H3/p+1/b14-8-,29-15?. The molecule has 32 heavy (non-hydrogen) atoms. The maximum absolute atomic E-state index is 13.4. The number of anilines is 1. The van der Waals surface area contributed by atoms with Crippen molar-refractivity contribution in [3.63, 3.8) is 0 Å². The number of rotatable bonds is 5. The third kappa shape index (κ3) is 5.41. The Morgan fingerprint density at radius 3 is 2.31 bits per heavy atom. The lowest BCUT2D eigenvalue weighted by atomic mass is 9.90. The van der Waals surface area contributed by atoms with E-state index in [1.165, 1.54) is 29.4 Å². The number of benzene rings is 1. The highest BCUT2D eigenvalue weighted by Crippen LogP contribution is 2.47. The lowest BCUT2D eigenvalue weighted by molar-refractivity contribution is -0.530. The van der Waals surface area contributed by atoms with Gasteiger partial charge in [-0.1, -0.05) is 17.7 Å². The minimum atomic E-state index is -4.92. The molecule has 4 nitrogen and oxygen atoms in total. The molecule has 0 fully saturated rings. The van der Waals surface area contributed by atoms with Crippen molar-refractivity contribution in [1.82, 2.24) is 0 Å². The molecule has 1 aromatic rings. The fraction of sp³-hybridized carbons (Fsp3) is 0.350. The summed E-state index contributed by atoms with van der Waals surface area (Å²) in [7, 11) is 4.49. The first-order chi connectivity index (χ1) is 14.6. The van der Waals surface area contributed by atoms with Gasteiger partial charge in [-0.2, -0.15) is 26.3 Å². The number of allylic oxidation sites excluding steroid dienone is 5. The van der Waals surface area contributed by atoms with Crippen molar-refractivity contribution in [2.45, 2.75) is 24.2 Å². The van der Waals surface area contributed by atoms with Crippen molar-refractivity contribution < 1.29 is 36.8 Å². The van der Waals surface area contributed by atoms with Crippen molar-refractivity contribution >= 4 is 45.9 Å². The molecule has 0 aliphatic heterocycles. The Morgan fingerprint density at radius 1 is 1.25 bits per heavy atom. The van der Waals surface area contributed by atoms with Crippen LogP contribution in [0.2, 0.25) is 5.02 Å². The third-order valence-corrected chi connectivity index (χ3v) is 5.41. The summed E-state index contributed by atoms with van der Waals surface area (Å²) < 4.78 is 78.8. The number of hydrogen-bond donors (Lipinski definition) is 3. The van der Waals surface area contributed by atoms with Gasteiger partial charge in [-0.25, -0.2) is 0 Å². The van der Waals surface area contributed by atoms with Crippen molar-refractivity contribution in [3.8, 4) is 5.75 Å². The van der Waals surface area contributed by atoms with E-state index in [-0.39, 0.29) is 39.5 Å². The Morgan fingerprint density at radius 2 is 1.84 bits per heavy atom. The molecule has 1 aromatic carbocycles. The van der Waals surface area contributed by atoms with E-state index < -0.39 is 34.8 Å². The summed E-state index contributed by atoms with van der Waals surface area (Å²) in [6.45, 7) is 0. The molecule has 1 aliphatic carbocycles. The molecular weight excluding hydrogens is 483 g/mol. The minimum Gasteiger partial charge on any atom is -0.506 e. The molecule has 0 aromatic heterocycles. The molecule has 0 saturated carbocycles. The Balaban J connectivity index is 2.82. The van der Waals surface area contributed by atoms with Crippen LogP contribution in [0.15, 0.2) is 29.9 Å². The average molecular weight is 503 g/mol. The number of hydrogen-bond acceptors (Lipinski definition) is 3. The van der Waals surface area contributed by atoms with Crippen molar-refractivity contribution in [3.05, 3.63) is 46.0 Å². The lowest BCUT2D eigenvalue weighted by Crippen LogP contribution is -2.76. The van der Waals surface area contributed by atoms with E-state index in [4.69, 9.17) is 28.6 Å². The first kappa shape index (κ1) is 26.1. The topological polar surface area (TPSA) is 63.9 Å². The molecule has 12 heteroatoms. The van der Waals surface area contributed by atoms with E-state index >= 15 is 0 Å². The molecule has 0 heterocycles. The molecule has 0 saturated heterocycles. The van der Waals surface area contributed by atoms with Crippen LogP contribution in [0.1, 0.15) is 17.5 Å². The van der Waals surface area contributed by atoms with Crippen LogP contribution in [-0.4, -0.2) is 49.7 Å². The van der Waals surface area contributed by atoms with Crippen LogP contribution in [0, 0.1) is 5.41 Å². The SMILES string of the molecule is C[NH2+]/C(=C\C(=N)C(F)(F)F)c1cc(Cl)c(N(C)C)c(C2=CCC(Cl)C(C(F)(F)F)=C2)c1O. The monoisotopic (exact) mass is 502 g/mol. The lowest BCUT2D eigenvalue weighted by Gasteiger charge is -2.26. The van der Waals surface area contributed by atoms with Crippen LogP contribution in [0.25, 0.3) is 11.3 Å². The number of alkyl halides is 7. The Kier molecular flexibility index (Phi) is 7.63. The summed E-state index contributed by atoms with van der Waals surface area (Å²) in [6, 6.07) is 1.20. The summed E-state index contributed by atoms with van der Waals surface area (Å²) >= 11 is 12.2. The van der Waals surface area contributed by atoms with Gasteiger partial charge in [0.05, 0.1) is 34.3 Å². The third-order valence-electron chi connectivity index (χ3n) is 4.71. The fourth-order valence-electron chi connectivity index (χ4n) is 3.22. The number of aromatic hydroxyl groups is 1. The zero-order chi connectivity index (χ0) is 24.6. The summed E-state index contributed by atoms with van der Waals surface area (Å²) in [5.41, 5.74) is -2.96. The van der Waals surface area contributed by atoms with Crippen LogP contribution < -0.4 is 10.2 Å². The maximum atomic E-state index is 13.4. The molecule has 2 rings (SSSR count). The second-order valence-corrected chi connectivity index (χ2v) is 8.07. The van der Waals surface area contributed by atoms with Gasteiger partial charge >= 0.3 is 12.4 Å². The van der Waals surface area contributed by atoms with Gasteiger partial charge in [-0.3, -0.25) is 5.41 Å². The Labute approximate surface area is 190 Å². The normalized spacial score (nSPS) is 17.7. The molecule has 1 atom stereocenters. The number of phenolic OH excluding ortho intramolecular Hbond substituents is 1. The second kappa shape index (κ2) is 9.36. The largest absolute Gasteiger partial charge is 0.506 e. The van der Waals surface area contributed by atoms with Gasteiger partial charge in [0.15, 0.2) is 0 Å². The Bertz CT molecular complexity index is 1010. The van der Waals surface area contributed by atoms with Crippen LogP contribution in [0.4, 0.5) is 32.0 Å². The van der Waals surface area contributed by atoms with Crippen molar-refractivity contribution in [2.24, 2.45) is 0 Å². The molecule has 0 spiro atoms. The predicted octanol–water partition coefficient (Wildman–Crippen LogP) is 5.11. The predicted molar refractivity (Wildman–Crippen MR) is 113 cm³/mol. The highest BCUT2D eigenvalue weighted by atomic mass is 35.5. The number of quaternary nitrogens is 1. The summed E-state index contributed by atoms with van der Waals surface area (Å²) in [5, 5.41) is 18.1. The molecule has 4 N–H and O–H groups in total. The average Bonchev–Trinajstić information content (AvgIpc) is 2.65. The number of phenols is 1. The molecule has 1 unspecified atom stereocenters. The van der Waals surface area contributed by atoms with Crippen molar-refractivity contribution in [1.29, 1.82) is 5.41 Å². The van der Waals surface area contributed by atoms with Crippen molar-refractivity contribution in [2.75, 3.05) is 26.0 Å². The van der Waals surface area contributed by atoms with Gasteiger partial charge in [0.2, 0.25) is 0 Å². The van der Waals surface area contributed by atoms with Gasteiger partial charge in [0, 0.05) is 25.7 Å². The second-order valence-electron chi connectivity index (χ2n) is 7.13. The minimum absolute atomic E-state index is 0.0139. The molecule has 0 radical (unpaired) electrons. The Hall–Kier alpha value is -2.17. The van der Waals surface area contributed by atoms with E-state index in [1.807, 2.05) is 0 Å². The molecule has 176 valence electrons. The number of nitrogens with two attached hydrogens (primary N) is 1. The van der Waals surface area contributed by atoms with Crippen LogP contribution >= 0.6 is 23.2 Å². The number of nitrogens with zero attached hydrogens (tertiary/aromatic N) is 1. The zero-order valence-electron chi connectivity index (χ0n) is 17.1. The van der Waals surface area contributed by atoms with Gasteiger partial charge in [-0.15, -0.1) is 11.6 Å². The van der Waals surface area contributed by atoms with E-state index in [9.17, 15) is 31.4 Å². The van der Waals surface area contributed by atoms with Crippen LogP contribution in [0.5, 0.6) is 5.75 Å². The molecular formula is C20H20Cl2F6N3O+. The van der Waals surface area contributed by atoms with Crippen LogP contribution in [-0.2, 0) is 0 Å². The molecule has 0 amide bonds. The highest BCUT2D eigenvalue weighted by molar-refractivity contribution is 6.34. The fourth-order valence-corrected chi connectivity index (χ4v) is 3.87. The first-order valence-corrected chi connectivity index (χ1v) is 9.94. The van der Waals surface area contributed by atoms with Gasteiger partial charge < -0.3 is 15.3 Å². The molecule has 0 bridgehead atoms. The summed E-state index contributed by atoms with van der Waals surface area (Å²) in [4.78, 5) is 1.46. The summed E-state index contributed by atoms with van der Waals surface area (Å²) in [6.07, 6.45) is -7.13. The number of halogens is 8. The van der Waals surface area contributed by atoms with E-state index in [1.54, 1.807) is 14.1 Å². The van der Waals surface area contributed by atoms with E-state index in [0.717, 1.165) is 6.08 Å². The summed E-state index contributed by atoms with van der Waals surface area (Å²) in [5.74, 6) is -0.575. The van der Waals surface area contributed by atoms with Gasteiger partial charge in [-0.05, 0) is 24.1 Å². The first-order valence-electron chi connectivity index (χ1n) is 9.12. The van der Waals surface area contributed by atoms with Gasteiger partial charge in [0.25, 0.3) is 0 Å². The van der Waals surface area contributed by atoms with E-state index in [0.29, 0.717) is 6.08 Å². The van der Waals surface area contributed by atoms with Gasteiger partial charge in [0.1, 0.15) is 17.2 Å². The molecule has 1 aliphatic rings. The number of nitrogens with one attached hydrogen (secondary N) is 1. The smallest absolute Gasteiger partial charge is 0.432 e. The van der Waals surface area contributed by atoms with Crippen LogP contribution in [0.3, 0.4) is 0 Å². The maximum Gasteiger partial charge on any atom is 0.432 e.